The van der Waals surface area contributed by atoms with E-state index in [1.165, 1.54) is 23.1 Å². The Morgan fingerprint density at radius 1 is 0.885 bits per heavy atom. The summed E-state index contributed by atoms with van der Waals surface area (Å²) in [5.41, 5.74) is 2.12. The predicted octanol–water partition coefficient (Wildman–Crippen LogP) is 2.37. The Bertz CT molecular complexity index is 886. The van der Waals surface area contributed by atoms with Gasteiger partial charge in [-0.25, -0.2) is 4.39 Å². The van der Waals surface area contributed by atoms with E-state index in [1.807, 2.05) is 30.3 Å². The number of piperazine rings is 1. The molecule has 1 aliphatic heterocycles. The first-order valence-corrected chi connectivity index (χ1v) is 8.48. The molecule has 0 N–H and O–H groups in total. The van der Waals surface area contributed by atoms with Crippen LogP contribution in [0.2, 0.25) is 0 Å². The molecule has 132 valence electrons. The highest BCUT2D eigenvalue weighted by atomic mass is 19.1. The summed E-state index contributed by atoms with van der Waals surface area (Å²) in [5, 5.41) is 8.49. The minimum Gasteiger partial charge on any atom is -0.368 e. The largest absolute Gasteiger partial charge is 0.368 e. The topological polar surface area (TPSA) is 54.3 Å². The summed E-state index contributed by atoms with van der Waals surface area (Å²) >= 11 is 0. The molecule has 2 heterocycles. The fourth-order valence-electron chi connectivity index (χ4n) is 3.03. The van der Waals surface area contributed by atoms with Crippen LogP contribution in [0.5, 0.6) is 0 Å². The van der Waals surface area contributed by atoms with Crippen LogP contribution in [0.1, 0.15) is 10.5 Å². The van der Waals surface area contributed by atoms with Crippen LogP contribution in [0.15, 0.2) is 60.8 Å². The molecule has 1 fully saturated rings. The molecule has 0 spiro atoms. The van der Waals surface area contributed by atoms with Crippen molar-refractivity contribution in [2.45, 2.75) is 0 Å². The van der Waals surface area contributed by atoms with E-state index < -0.39 is 0 Å². The molecule has 2 aromatic carbocycles. The number of amides is 1. The first kappa shape index (κ1) is 16.3. The van der Waals surface area contributed by atoms with Gasteiger partial charge >= 0.3 is 0 Å². The van der Waals surface area contributed by atoms with E-state index in [2.05, 4.69) is 15.1 Å². The normalized spacial score (nSPS) is 14.5. The van der Waals surface area contributed by atoms with Crippen molar-refractivity contribution in [3.63, 3.8) is 0 Å². The molecular weight excluding hydrogens is 333 g/mol. The average Bonchev–Trinajstić information content (AvgIpc) is 3.19. The third-order valence-corrected chi connectivity index (χ3v) is 4.46. The monoisotopic (exact) mass is 351 g/mol. The van der Waals surface area contributed by atoms with Gasteiger partial charge in [0, 0.05) is 31.9 Å². The average molecular weight is 351 g/mol. The lowest BCUT2D eigenvalue weighted by atomic mass is 10.2. The van der Waals surface area contributed by atoms with Crippen molar-refractivity contribution in [1.82, 2.24) is 19.9 Å². The molecule has 7 heteroatoms. The van der Waals surface area contributed by atoms with Gasteiger partial charge in [0.25, 0.3) is 5.91 Å². The van der Waals surface area contributed by atoms with Crippen molar-refractivity contribution in [2.75, 3.05) is 31.1 Å². The van der Waals surface area contributed by atoms with Gasteiger partial charge in [0.1, 0.15) is 5.82 Å². The summed E-state index contributed by atoms with van der Waals surface area (Å²) in [6.45, 7) is 2.58. The van der Waals surface area contributed by atoms with Crippen LogP contribution in [-0.4, -0.2) is 52.0 Å². The van der Waals surface area contributed by atoms with E-state index in [-0.39, 0.29) is 11.7 Å². The molecule has 1 aromatic heterocycles. The third kappa shape index (κ3) is 3.28. The Morgan fingerprint density at radius 2 is 1.58 bits per heavy atom. The smallest absolute Gasteiger partial charge is 0.276 e. The Morgan fingerprint density at radius 3 is 2.27 bits per heavy atom. The number of para-hydroxylation sites is 1. The summed E-state index contributed by atoms with van der Waals surface area (Å²) < 4.78 is 13.0. The van der Waals surface area contributed by atoms with Crippen molar-refractivity contribution >= 4 is 11.6 Å². The molecule has 0 unspecified atom stereocenters. The number of nitrogens with zero attached hydrogens (tertiary/aromatic N) is 5. The fraction of sp³-hybridized carbons (Fsp3) is 0.211. The second kappa shape index (κ2) is 6.95. The number of carbonyl (C=O) groups excluding carboxylic acids is 1. The predicted molar refractivity (Wildman–Crippen MR) is 95.9 cm³/mol. The molecule has 4 rings (SSSR count). The van der Waals surface area contributed by atoms with Crippen LogP contribution in [0.25, 0.3) is 5.69 Å². The SMILES string of the molecule is O=C(c1cnn(-c2ccccc2)n1)N1CCN(c2ccc(F)cc2)CC1. The minimum absolute atomic E-state index is 0.120. The molecule has 1 amide bonds. The second-order valence-corrected chi connectivity index (χ2v) is 6.11. The van der Waals surface area contributed by atoms with Gasteiger partial charge in [0.2, 0.25) is 0 Å². The number of hydrogen-bond donors (Lipinski definition) is 0. The van der Waals surface area contributed by atoms with Gasteiger partial charge in [-0.1, -0.05) is 18.2 Å². The summed E-state index contributed by atoms with van der Waals surface area (Å²) in [5.74, 6) is -0.366. The highest BCUT2D eigenvalue weighted by molar-refractivity contribution is 5.92. The van der Waals surface area contributed by atoms with Gasteiger partial charge in [-0.15, -0.1) is 5.10 Å². The summed E-state index contributed by atoms with van der Waals surface area (Å²) in [6, 6.07) is 15.9. The molecule has 0 saturated carbocycles. The van der Waals surface area contributed by atoms with Gasteiger partial charge in [-0.2, -0.15) is 9.90 Å². The Kier molecular flexibility index (Phi) is 4.35. The number of hydrogen-bond acceptors (Lipinski definition) is 4. The van der Waals surface area contributed by atoms with E-state index in [0.717, 1.165) is 11.4 Å². The molecule has 1 saturated heterocycles. The van der Waals surface area contributed by atoms with Crippen molar-refractivity contribution in [2.24, 2.45) is 0 Å². The van der Waals surface area contributed by atoms with E-state index in [4.69, 9.17) is 0 Å². The zero-order chi connectivity index (χ0) is 17.9. The minimum atomic E-state index is -0.246. The number of aromatic nitrogens is 3. The van der Waals surface area contributed by atoms with Crippen molar-refractivity contribution in [3.05, 3.63) is 72.3 Å². The molecule has 3 aromatic rings. The third-order valence-electron chi connectivity index (χ3n) is 4.46. The Balaban J connectivity index is 1.41. The van der Waals surface area contributed by atoms with Gasteiger partial charge in [0.05, 0.1) is 11.9 Å². The fourth-order valence-corrected chi connectivity index (χ4v) is 3.03. The molecule has 26 heavy (non-hydrogen) atoms. The lowest BCUT2D eigenvalue weighted by molar-refractivity contribution is 0.0740. The summed E-state index contributed by atoms with van der Waals surface area (Å²) in [4.78, 5) is 18.1. The number of benzene rings is 2. The molecule has 0 bridgehead atoms. The Labute approximate surface area is 150 Å². The van der Waals surface area contributed by atoms with Crippen LogP contribution in [0.4, 0.5) is 10.1 Å². The quantitative estimate of drug-likeness (QED) is 0.727. The molecule has 0 atom stereocenters. The molecular formula is C19H18FN5O. The number of anilines is 1. The first-order valence-electron chi connectivity index (χ1n) is 8.48. The number of carbonyl (C=O) groups is 1. The van der Waals surface area contributed by atoms with Crippen LogP contribution in [-0.2, 0) is 0 Å². The van der Waals surface area contributed by atoms with Gasteiger partial charge in [-0.05, 0) is 36.4 Å². The van der Waals surface area contributed by atoms with Crippen molar-refractivity contribution < 1.29 is 9.18 Å². The van der Waals surface area contributed by atoms with Crippen molar-refractivity contribution in [3.8, 4) is 5.69 Å². The van der Waals surface area contributed by atoms with Gasteiger partial charge < -0.3 is 9.80 Å². The lowest BCUT2D eigenvalue weighted by Gasteiger charge is -2.35. The first-order chi connectivity index (χ1) is 12.7. The maximum absolute atomic E-state index is 13.0. The maximum atomic E-state index is 13.0. The Hall–Kier alpha value is -3.22. The van der Waals surface area contributed by atoms with Crippen LogP contribution in [0.3, 0.4) is 0 Å². The standard InChI is InChI=1S/C19H18FN5O/c20-15-6-8-16(9-7-15)23-10-12-24(13-11-23)19(26)18-14-21-25(22-18)17-4-2-1-3-5-17/h1-9,14H,10-13H2. The van der Waals surface area contributed by atoms with Crippen LogP contribution in [0, 0.1) is 5.82 Å². The van der Waals surface area contributed by atoms with Crippen molar-refractivity contribution in [1.29, 1.82) is 0 Å². The molecule has 0 radical (unpaired) electrons. The molecule has 1 aliphatic rings. The summed E-state index contributed by atoms with van der Waals surface area (Å²) in [6.07, 6.45) is 1.50. The van der Waals surface area contributed by atoms with Crippen LogP contribution < -0.4 is 4.90 Å². The van der Waals surface area contributed by atoms with E-state index in [1.54, 1.807) is 17.0 Å². The summed E-state index contributed by atoms with van der Waals surface area (Å²) in [7, 11) is 0. The highest BCUT2D eigenvalue weighted by Crippen LogP contribution is 2.17. The molecule has 0 aliphatic carbocycles. The van der Waals surface area contributed by atoms with E-state index in [9.17, 15) is 9.18 Å². The van der Waals surface area contributed by atoms with Crippen LogP contribution >= 0.6 is 0 Å². The molecule has 6 nitrogen and oxygen atoms in total. The number of rotatable bonds is 3. The van der Waals surface area contributed by atoms with E-state index in [0.29, 0.717) is 31.9 Å². The zero-order valence-electron chi connectivity index (χ0n) is 14.1. The van der Waals surface area contributed by atoms with E-state index >= 15 is 0 Å². The highest BCUT2D eigenvalue weighted by Gasteiger charge is 2.24. The maximum Gasteiger partial charge on any atom is 0.276 e. The number of halogens is 1. The second-order valence-electron chi connectivity index (χ2n) is 6.11. The zero-order valence-corrected chi connectivity index (χ0v) is 14.1. The lowest BCUT2D eigenvalue weighted by Crippen LogP contribution is -2.48. The van der Waals surface area contributed by atoms with Gasteiger partial charge in [-0.3, -0.25) is 4.79 Å². The van der Waals surface area contributed by atoms with Gasteiger partial charge in [0.15, 0.2) is 5.69 Å².